The molecule has 2 aromatic rings. The number of aromatic nitrogens is 3. The largest absolute Gasteiger partial charge is 0.477 e. The lowest BCUT2D eigenvalue weighted by molar-refractivity contribution is 0.282. The Morgan fingerprint density at radius 1 is 1.15 bits per heavy atom. The van der Waals surface area contributed by atoms with E-state index in [2.05, 4.69) is 34.0 Å². The minimum absolute atomic E-state index is 0.541. The van der Waals surface area contributed by atoms with Crippen molar-refractivity contribution in [3.8, 4) is 5.88 Å². The second-order valence-corrected chi connectivity index (χ2v) is 5.58. The lowest BCUT2D eigenvalue weighted by atomic mass is 10.2. The van der Waals surface area contributed by atoms with Gasteiger partial charge in [-0.05, 0) is 38.8 Å². The third kappa shape index (κ3) is 2.79. The van der Waals surface area contributed by atoms with E-state index in [1.54, 1.807) is 0 Å². The molecular formula is C16H19N3O. The third-order valence-corrected chi connectivity index (χ3v) is 3.72. The highest BCUT2D eigenvalue weighted by molar-refractivity contribution is 5.23. The maximum absolute atomic E-state index is 5.84. The molecule has 0 bridgehead atoms. The minimum Gasteiger partial charge on any atom is -0.477 e. The molecule has 20 heavy (non-hydrogen) atoms. The van der Waals surface area contributed by atoms with Crippen LogP contribution >= 0.6 is 0 Å². The lowest BCUT2D eigenvalue weighted by Gasteiger charge is -2.08. The quantitative estimate of drug-likeness (QED) is 0.856. The number of rotatable bonds is 4. The number of hydrogen-bond donors (Lipinski definition) is 0. The van der Waals surface area contributed by atoms with E-state index in [1.807, 2.05) is 26.2 Å². The number of aryl methyl sites for hydroxylation is 3. The predicted octanol–water partition coefficient (Wildman–Crippen LogP) is 2.98. The van der Waals surface area contributed by atoms with Crippen LogP contribution in [0.3, 0.4) is 0 Å². The van der Waals surface area contributed by atoms with Gasteiger partial charge in [0.15, 0.2) is 0 Å². The van der Waals surface area contributed by atoms with Gasteiger partial charge in [-0.15, -0.1) is 0 Å². The molecule has 0 N–H and O–H groups in total. The molecular weight excluding hydrogens is 250 g/mol. The van der Waals surface area contributed by atoms with Crippen molar-refractivity contribution in [1.82, 2.24) is 15.0 Å². The second kappa shape index (κ2) is 5.19. The molecule has 2 heterocycles. The van der Waals surface area contributed by atoms with Gasteiger partial charge in [0.1, 0.15) is 5.82 Å². The van der Waals surface area contributed by atoms with Crippen molar-refractivity contribution in [3.63, 3.8) is 0 Å². The highest BCUT2D eigenvalue weighted by Gasteiger charge is 2.40. The summed E-state index contributed by atoms with van der Waals surface area (Å²) in [6.45, 7) is 6.62. The average Bonchev–Trinajstić information content (AvgIpc) is 3.20. The molecule has 0 saturated heterocycles. The topological polar surface area (TPSA) is 47.9 Å². The van der Waals surface area contributed by atoms with Gasteiger partial charge in [-0.2, -0.15) is 4.98 Å². The fraction of sp³-hybridized carbons (Fsp3) is 0.438. The van der Waals surface area contributed by atoms with Gasteiger partial charge >= 0.3 is 0 Å². The molecule has 0 radical (unpaired) electrons. The van der Waals surface area contributed by atoms with Gasteiger partial charge < -0.3 is 4.74 Å². The zero-order chi connectivity index (χ0) is 14.1. The van der Waals surface area contributed by atoms with E-state index < -0.39 is 0 Å². The van der Waals surface area contributed by atoms with Crippen LogP contribution in [0.1, 0.15) is 35.0 Å². The third-order valence-electron chi connectivity index (χ3n) is 3.72. The Bertz CT molecular complexity index is 610. The summed E-state index contributed by atoms with van der Waals surface area (Å²) in [5.41, 5.74) is 3.37. The van der Waals surface area contributed by atoms with E-state index >= 15 is 0 Å². The van der Waals surface area contributed by atoms with E-state index in [4.69, 9.17) is 4.74 Å². The van der Waals surface area contributed by atoms with Crippen LogP contribution in [0.4, 0.5) is 0 Å². The standard InChI is InChI=1S/C16H19N3O/c1-10-4-5-15(18-7-10)14-6-13(14)9-20-16-11(2)8-17-12(3)19-16/h4-5,7-8,13-14H,6,9H2,1-3H3/t13?,14-/m0/s1. The summed E-state index contributed by atoms with van der Waals surface area (Å²) < 4.78 is 5.84. The number of pyridine rings is 1. The van der Waals surface area contributed by atoms with Crippen LogP contribution in [0, 0.1) is 26.7 Å². The second-order valence-electron chi connectivity index (χ2n) is 5.58. The molecule has 4 heteroatoms. The van der Waals surface area contributed by atoms with Gasteiger partial charge in [-0.25, -0.2) is 4.98 Å². The maximum atomic E-state index is 5.84. The van der Waals surface area contributed by atoms with Crippen LogP contribution in [-0.4, -0.2) is 21.6 Å². The Balaban J connectivity index is 1.58. The van der Waals surface area contributed by atoms with E-state index in [9.17, 15) is 0 Å². The average molecular weight is 269 g/mol. The van der Waals surface area contributed by atoms with Crippen molar-refractivity contribution in [2.75, 3.05) is 6.61 Å². The number of hydrogen-bond acceptors (Lipinski definition) is 4. The molecule has 2 aromatic heterocycles. The zero-order valence-electron chi connectivity index (χ0n) is 12.1. The first-order valence-electron chi connectivity index (χ1n) is 6.99. The SMILES string of the molecule is Cc1ccc([C@H]2CC2COc2nc(C)ncc2C)nc1. The van der Waals surface area contributed by atoms with Crippen molar-refractivity contribution in [3.05, 3.63) is 47.2 Å². The highest BCUT2D eigenvalue weighted by atomic mass is 16.5. The van der Waals surface area contributed by atoms with Gasteiger partial charge in [-0.1, -0.05) is 6.07 Å². The molecule has 0 aromatic carbocycles. The summed E-state index contributed by atoms with van der Waals surface area (Å²) in [5, 5.41) is 0. The monoisotopic (exact) mass is 269 g/mol. The Labute approximate surface area is 119 Å². The summed E-state index contributed by atoms with van der Waals surface area (Å²) in [4.78, 5) is 13.0. The first kappa shape index (κ1) is 13.0. The zero-order valence-corrected chi connectivity index (χ0v) is 12.1. The Hall–Kier alpha value is -1.97. The summed E-state index contributed by atoms with van der Waals surface area (Å²) in [6.07, 6.45) is 4.90. The number of nitrogens with zero attached hydrogens (tertiary/aromatic N) is 3. The molecule has 0 aliphatic heterocycles. The fourth-order valence-electron chi connectivity index (χ4n) is 2.33. The summed E-state index contributed by atoms with van der Waals surface area (Å²) >= 11 is 0. The van der Waals surface area contributed by atoms with Crippen LogP contribution in [0.5, 0.6) is 5.88 Å². The molecule has 1 aliphatic carbocycles. The molecule has 1 unspecified atom stereocenters. The first-order valence-corrected chi connectivity index (χ1v) is 6.99. The van der Waals surface area contributed by atoms with Crippen LogP contribution in [0.2, 0.25) is 0 Å². The molecule has 1 saturated carbocycles. The summed E-state index contributed by atoms with van der Waals surface area (Å²) in [6, 6.07) is 4.25. The van der Waals surface area contributed by atoms with Crippen molar-refractivity contribution in [2.45, 2.75) is 33.1 Å². The van der Waals surface area contributed by atoms with Crippen LogP contribution < -0.4 is 4.74 Å². The van der Waals surface area contributed by atoms with Crippen molar-refractivity contribution >= 4 is 0 Å². The van der Waals surface area contributed by atoms with Crippen molar-refractivity contribution < 1.29 is 4.74 Å². The van der Waals surface area contributed by atoms with E-state index in [0.29, 0.717) is 24.3 Å². The van der Waals surface area contributed by atoms with Gasteiger partial charge in [0.2, 0.25) is 5.88 Å². The summed E-state index contributed by atoms with van der Waals surface area (Å²) in [7, 11) is 0. The van der Waals surface area contributed by atoms with Gasteiger partial charge in [0.05, 0.1) is 6.61 Å². The Kier molecular flexibility index (Phi) is 3.38. The van der Waals surface area contributed by atoms with E-state index in [1.165, 1.54) is 11.3 Å². The molecule has 4 nitrogen and oxygen atoms in total. The van der Waals surface area contributed by atoms with Gasteiger partial charge in [0.25, 0.3) is 0 Å². The van der Waals surface area contributed by atoms with E-state index in [0.717, 1.165) is 17.8 Å². The normalized spacial score (nSPS) is 20.8. The Morgan fingerprint density at radius 2 is 2.00 bits per heavy atom. The molecule has 104 valence electrons. The lowest BCUT2D eigenvalue weighted by Crippen LogP contribution is -2.05. The molecule has 3 rings (SSSR count). The van der Waals surface area contributed by atoms with E-state index in [-0.39, 0.29) is 0 Å². The molecule has 1 fully saturated rings. The van der Waals surface area contributed by atoms with Crippen LogP contribution in [-0.2, 0) is 0 Å². The molecule has 1 aliphatic rings. The van der Waals surface area contributed by atoms with Crippen LogP contribution in [0.25, 0.3) is 0 Å². The predicted molar refractivity (Wildman–Crippen MR) is 76.8 cm³/mol. The number of ether oxygens (including phenoxy) is 1. The van der Waals surface area contributed by atoms with Crippen molar-refractivity contribution in [1.29, 1.82) is 0 Å². The van der Waals surface area contributed by atoms with Crippen molar-refractivity contribution in [2.24, 2.45) is 5.92 Å². The first-order chi connectivity index (χ1) is 9.63. The fourth-order valence-corrected chi connectivity index (χ4v) is 2.33. The maximum Gasteiger partial charge on any atom is 0.219 e. The Morgan fingerprint density at radius 3 is 2.75 bits per heavy atom. The molecule has 0 spiro atoms. The van der Waals surface area contributed by atoms with Gasteiger partial charge in [0, 0.05) is 35.5 Å². The van der Waals surface area contributed by atoms with Crippen LogP contribution in [0.15, 0.2) is 24.5 Å². The highest BCUT2D eigenvalue weighted by Crippen LogP contribution is 2.46. The van der Waals surface area contributed by atoms with Gasteiger partial charge in [-0.3, -0.25) is 4.98 Å². The molecule has 2 atom stereocenters. The minimum atomic E-state index is 0.541. The summed E-state index contributed by atoms with van der Waals surface area (Å²) in [5.74, 6) is 2.55. The molecule has 0 amide bonds. The smallest absolute Gasteiger partial charge is 0.219 e.